The molecule has 0 unspecified atom stereocenters. The van der Waals surface area contributed by atoms with E-state index < -0.39 is 0 Å². The molecule has 0 saturated heterocycles. The van der Waals surface area contributed by atoms with Crippen molar-refractivity contribution in [2.45, 2.75) is 6.92 Å². The molecule has 0 atom stereocenters. The molecule has 0 fully saturated rings. The smallest absolute Gasteiger partial charge is 0.0619 e. The summed E-state index contributed by atoms with van der Waals surface area (Å²) in [4.78, 5) is 0. The molecule has 0 spiro atoms. The molecule has 53 heavy (non-hydrogen) atoms. The Morgan fingerprint density at radius 2 is 1.17 bits per heavy atom. The van der Waals surface area contributed by atoms with Crippen LogP contribution in [-0.2, 0) is 0 Å². The van der Waals surface area contributed by atoms with Crippen molar-refractivity contribution in [2.24, 2.45) is 0 Å². The number of benzene rings is 8. The first-order chi connectivity index (χ1) is 26.2. The van der Waals surface area contributed by atoms with Gasteiger partial charge in [-0.05, 0) is 111 Å². The molecule has 0 radical (unpaired) electrons. The van der Waals surface area contributed by atoms with Gasteiger partial charge in [0.15, 0.2) is 0 Å². The summed E-state index contributed by atoms with van der Waals surface area (Å²) in [5.74, 6) is 0. The summed E-state index contributed by atoms with van der Waals surface area (Å²) in [5.41, 5.74) is 14.7. The van der Waals surface area contributed by atoms with E-state index in [1.807, 2.05) is 13.0 Å². The molecule has 1 aliphatic carbocycles. The standard InChI is InChI=1S/C51H34N2/c1-3-5-15-36(4-2)53-49-27-24-34(30-45(49)43-25-22-32-13-6-7-16-38(32)51(43)53)33-23-26-48-44(29-33)41-19-10-11-21-47(41)52(48)37-28-35-14-12-20-42-39-17-8-9-18-40(39)46(31-37)50(35)42/h3-31H,2H2,1H3/b5-3-,36-15+. The van der Waals surface area contributed by atoms with Gasteiger partial charge in [0, 0.05) is 38.3 Å². The third kappa shape index (κ3) is 4.21. The number of hydrogen-bond acceptors (Lipinski definition) is 0. The van der Waals surface area contributed by atoms with E-state index in [1.54, 1.807) is 0 Å². The molecule has 2 nitrogen and oxygen atoms in total. The van der Waals surface area contributed by atoms with E-state index >= 15 is 0 Å². The Balaban J connectivity index is 1.13. The molecule has 0 N–H and O–H groups in total. The first kappa shape index (κ1) is 29.8. The largest absolute Gasteiger partial charge is 0.309 e. The maximum Gasteiger partial charge on any atom is 0.0619 e. The van der Waals surface area contributed by atoms with Crippen LogP contribution in [0.4, 0.5) is 0 Å². The molecular weight excluding hydrogens is 641 g/mol. The van der Waals surface area contributed by atoms with Gasteiger partial charge >= 0.3 is 0 Å². The van der Waals surface area contributed by atoms with Crippen molar-refractivity contribution in [3.8, 4) is 39.1 Å². The average molecular weight is 675 g/mol. The van der Waals surface area contributed by atoms with Crippen LogP contribution in [-0.4, -0.2) is 9.13 Å². The van der Waals surface area contributed by atoms with Crippen molar-refractivity contribution in [2.75, 3.05) is 0 Å². The zero-order valence-electron chi connectivity index (χ0n) is 29.3. The highest BCUT2D eigenvalue weighted by atomic mass is 15.0. The summed E-state index contributed by atoms with van der Waals surface area (Å²) in [6.45, 7) is 6.26. The molecule has 0 saturated carbocycles. The lowest BCUT2D eigenvalue weighted by atomic mass is 10.00. The maximum absolute atomic E-state index is 4.22. The number of rotatable bonds is 5. The van der Waals surface area contributed by atoms with Crippen LogP contribution in [0.1, 0.15) is 6.92 Å². The quantitative estimate of drug-likeness (QED) is 0.161. The fraction of sp³-hybridized carbons (Fsp3) is 0.0196. The number of fused-ring (bicyclic) bond motifs is 11. The first-order valence-electron chi connectivity index (χ1n) is 18.3. The minimum absolute atomic E-state index is 1.05. The second kappa shape index (κ2) is 11.3. The molecule has 0 bridgehead atoms. The topological polar surface area (TPSA) is 9.86 Å². The molecule has 1 aliphatic rings. The zero-order chi connectivity index (χ0) is 35.2. The van der Waals surface area contributed by atoms with Crippen LogP contribution in [0.3, 0.4) is 0 Å². The SMILES string of the molecule is C=C/C(=C\C=C/C)n1c2ccc(-c3ccc4c(c3)c3ccccc3n4-c3cc4c5c(cccc5c3)-c3ccccc3-4)cc2c2ccc3ccccc3c21. The van der Waals surface area contributed by atoms with E-state index in [9.17, 15) is 0 Å². The van der Waals surface area contributed by atoms with Crippen molar-refractivity contribution >= 4 is 70.9 Å². The van der Waals surface area contributed by atoms with E-state index in [-0.39, 0.29) is 0 Å². The van der Waals surface area contributed by atoms with Crippen LogP contribution >= 0.6 is 0 Å². The monoisotopic (exact) mass is 674 g/mol. The van der Waals surface area contributed by atoms with Crippen molar-refractivity contribution in [3.63, 3.8) is 0 Å². The maximum atomic E-state index is 4.22. The minimum Gasteiger partial charge on any atom is -0.309 e. The molecule has 2 heterocycles. The van der Waals surface area contributed by atoms with Crippen molar-refractivity contribution in [1.29, 1.82) is 0 Å². The molecular formula is C51H34N2. The third-order valence-electron chi connectivity index (χ3n) is 11.3. The van der Waals surface area contributed by atoms with Crippen LogP contribution < -0.4 is 0 Å². The van der Waals surface area contributed by atoms with Gasteiger partial charge in [-0.25, -0.2) is 0 Å². The first-order valence-corrected chi connectivity index (χ1v) is 18.3. The Bertz CT molecular complexity index is 3250. The fourth-order valence-corrected chi connectivity index (χ4v) is 9.02. The molecule has 248 valence electrons. The van der Waals surface area contributed by atoms with Gasteiger partial charge in [0.05, 0.1) is 22.1 Å². The van der Waals surface area contributed by atoms with Gasteiger partial charge in [-0.3, -0.25) is 0 Å². The highest BCUT2D eigenvalue weighted by molar-refractivity contribution is 6.21. The van der Waals surface area contributed by atoms with E-state index in [2.05, 4.69) is 186 Å². The zero-order valence-corrected chi connectivity index (χ0v) is 29.3. The summed E-state index contributed by atoms with van der Waals surface area (Å²) < 4.78 is 4.82. The average Bonchev–Trinajstić information content (AvgIpc) is 3.84. The molecule has 11 rings (SSSR count). The number of para-hydroxylation sites is 1. The summed E-state index contributed by atoms with van der Waals surface area (Å²) in [5, 5.41) is 10.1. The molecule has 10 aromatic rings. The minimum atomic E-state index is 1.05. The van der Waals surface area contributed by atoms with Gasteiger partial charge in [-0.1, -0.05) is 128 Å². The lowest BCUT2D eigenvalue weighted by Gasteiger charge is -2.12. The fourth-order valence-electron chi connectivity index (χ4n) is 9.02. The van der Waals surface area contributed by atoms with E-state index in [1.165, 1.54) is 104 Å². The summed E-state index contributed by atoms with van der Waals surface area (Å²) >= 11 is 0. The highest BCUT2D eigenvalue weighted by Gasteiger charge is 2.23. The molecule has 8 aromatic carbocycles. The lowest BCUT2D eigenvalue weighted by Crippen LogP contribution is -1.95. The Morgan fingerprint density at radius 1 is 0.509 bits per heavy atom. The third-order valence-corrected chi connectivity index (χ3v) is 11.3. The van der Waals surface area contributed by atoms with Gasteiger partial charge in [-0.15, -0.1) is 0 Å². The predicted octanol–water partition coefficient (Wildman–Crippen LogP) is 14.1. The molecule has 2 heteroatoms. The van der Waals surface area contributed by atoms with Crippen LogP contribution in [0.15, 0.2) is 183 Å². The van der Waals surface area contributed by atoms with Gasteiger partial charge in [0.25, 0.3) is 0 Å². The summed E-state index contributed by atoms with van der Waals surface area (Å²) in [6, 6.07) is 56.2. The summed E-state index contributed by atoms with van der Waals surface area (Å²) in [6.07, 6.45) is 8.25. The Kier molecular flexibility index (Phi) is 6.35. The van der Waals surface area contributed by atoms with Crippen molar-refractivity contribution in [1.82, 2.24) is 9.13 Å². The van der Waals surface area contributed by atoms with Crippen molar-refractivity contribution < 1.29 is 0 Å². The Hall–Kier alpha value is -6.90. The Morgan fingerprint density at radius 3 is 1.98 bits per heavy atom. The number of nitrogens with zero attached hydrogens (tertiary/aromatic N) is 2. The Labute approximate surface area is 307 Å². The predicted molar refractivity (Wildman–Crippen MR) is 228 cm³/mol. The normalized spacial score (nSPS) is 12.7. The number of allylic oxidation sites excluding steroid dienone is 5. The van der Waals surface area contributed by atoms with Crippen LogP contribution in [0.25, 0.3) is 110 Å². The highest BCUT2D eigenvalue weighted by Crippen LogP contribution is 2.49. The molecule has 2 aromatic heterocycles. The van der Waals surface area contributed by atoms with Gasteiger partial charge < -0.3 is 9.13 Å². The van der Waals surface area contributed by atoms with Crippen LogP contribution in [0.2, 0.25) is 0 Å². The van der Waals surface area contributed by atoms with Crippen LogP contribution in [0.5, 0.6) is 0 Å². The molecule has 0 amide bonds. The second-order valence-corrected chi connectivity index (χ2v) is 14.1. The van der Waals surface area contributed by atoms with Crippen molar-refractivity contribution in [3.05, 3.63) is 183 Å². The van der Waals surface area contributed by atoms with E-state index in [4.69, 9.17) is 0 Å². The number of aromatic nitrogens is 2. The van der Waals surface area contributed by atoms with Gasteiger partial charge in [0.2, 0.25) is 0 Å². The van der Waals surface area contributed by atoms with Gasteiger partial charge in [-0.2, -0.15) is 0 Å². The summed E-state index contributed by atoms with van der Waals surface area (Å²) in [7, 11) is 0. The number of hydrogen-bond donors (Lipinski definition) is 0. The van der Waals surface area contributed by atoms with Gasteiger partial charge in [0.1, 0.15) is 0 Å². The van der Waals surface area contributed by atoms with E-state index in [0.29, 0.717) is 0 Å². The lowest BCUT2D eigenvalue weighted by molar-refractivity contribution is 1.19. The van der Waals surface area contributed by atoms with E-state index in [0.717, 1.165) is 5.70 Å². The molecule has 0 aliphatic heterocycles. The van der Waals surface area contributed by atoms with Crippen LogP contribution in [0, 0.1) is 0 Å². The second-order valence-electron chi connectivity index (χ2n) is 14.1.